The van der Waals surface area contributed by atoms with E-state index in [-0.39, 0.29) is 19.0 Å². The molecule has 0 amide bonds. The van der Waals surface area contributed by atoms with Crippen LogP contribution in [0.3, 0.4) is 0 Å². The van der Waals surface area contributed by atoms with Gasteiger partial charge in [-0.05, 0) is 38.5 Å². The molecule has 0 aliphatic carbocycles. The maximum absolute atomic E-state index is 12.5. The molecule has 0 unspecified atom stereocenters. The van der Waals surface area contributed by atoms with Crippen LogP contribution in [0.1, 0.15) is 44.6 Å². The summed E-state index contributed by atoms with van der Waals surface area (Å²) in [6, 6.07) is 3.39. The number of aryl methyl sites for hydroxylation is 1. The number of rotatable bonds is 10. The molecule has 0 radical (unpaired) electrons. The number of hydrogen-bond acceptors (Lipinski definition) is 8. The summed E-state index contributed by atoms with van der Waals surface area (Å²) in [6.07, 6.45) is 1.43. The summed E-state index contributed by atoms with van der Waals surface area (Å²) in [5.41, 5.74) is 2.37. The zero-order valence-corrected chi connectivity index (χ0v) is 18.0. The number of carbonyl (C=O) groups excluding carboxylic acids is 2. The maximum Gasteiger partial charge on any atom is 0.340 e. The van der Waals surface area contributed by atoms with E-state index in [4.69, 9.17) is 23.8 Å². The van der Waals surface area contributed by atoms with Crippen molar-refractivity contribution >= 4 is 18.0 Å². The molecule has 9 nitrogen and oxygen atoms in total. The number of nitrogens with one attached hydrogen (secondary N) is 1. The third kappa shape index (κ3) is 4.91. The molecule has 2 aromatic rings. The normalized spacial score (nSPS) is 10.7. The lowest BCUT2D eigenvalue weighted by molar-refractivity contribution is 0.0525. The van der Waals surface area contributed by atoms with Crippen LogP contribution in [-0.4, -0.2) is 57.5 Å². The molecule has 0 saturated heterocycles. The third-order valence-electron chi connectivity index (χ3n) is 4.35. The molecule has 30 heavy (non-hydrogen) atoms. The molecule has 1 aromatic carbocycles. The van der Waals surface area contributed by atoms with Crippen molar-refractivity contribution in [1.82, 2.24) is 4.98 Å². The Morgan fingerprint density at radius 3 is 2.23 bits per heavy atom. The van der Waals surface area contributed by atoms with Crippen LogP contribution >= 0.6 is 0 Å². The van der Waals surface area contributed by atoms with E-state index in [0.29, 0.717) is 45.3 Å². The number of benzene rings is 1. The average Bonchev–Trinajstić information content (AvgIpc) is 3.04. The number of methoxy groups -OCH3 is 3. The highest BCUT2D eigenvalue weighted by atomic mass is 16.6. The number of esters is 1. The average molecular weight is 418 g/mol. The van der Waals surface area contributed by atoms with E-state index in [2.05, 4.69) is 10.1 Å². The minimum absolute atomic E-state index is 0.255. The van der Waals surface area contributed by atoms with Crippen molar-refractivity contribution in [2.45, 2.75) is 20.8 Å². The lowest BCUT2D eigenvalue weighted by atomic mass is 10.1. The van der Waals surface area contributed by atoms with Gasteiger partial charge in [0.1, 0.15) is 0 Å². The van der Waals surface area contributed by atoms with E-state index < -0.39 is 5.97 Å². The molecule has 0 aliphatic rings. The summed E-state index contributed by atoms with van der Waals surface area (Å²) >= 11 is 0. The standard InChI is InChI=1S/C21H26N2O7/c1-7-29-21(25)18-12(2)19(23-13(18)3)15(24)11-30-22-10-14-8-16(26-4)20(28-6)17(9-14)27-5/h8-10,23H,7,11H2,1-6H3/b22-10-. The van der Waals surface area contributed by atoms with Gasteiger partial charge in [0.15, 0.2) is 18.1 Å². The van der Waals surface area contributed by atoms with Gasteiger partial charge in [0.2, 0.25) is 11.5 Å². The van der Waals surface area contributed by atoms with Crippen molar-refractivity contribution in [2.75, 3.05) is 34.5 Å². The van der Waals surface area contributed by atoms with Gasteiger partial charge in [-0.15, -0.1) is 0 Å². The van der Waals surface area contributed by atoms with Crippen LogP contribution in [-0.2, 0) is 9.57 Å². The smallest absolute Gasteiger partial charge is 0.340 e. The lowest BCUT2D eigenvalue weighted by Gasteiger charge is -2.12. The molecule has 2 rings (SSSR count). The summed E-state index contributed by atoms with van der Waals surface area (Å²) in [5.74, 6) is 0.595. The van der Waals surface area contributed by atoms with Crippen LogP contribution < -0.4 is 14.2 Å². The first kappa shape index (κ1) is 22.8. The predicted molar refractivity (Wildman–Crippen MR) is 110 cm³/mol. The van der Waals surface area contributed by atoms with Crippen molar-refractivity contribution < 1.29 is 33.4 Å². The number of H-pyrrole nitrogens is 1. The molecule has 9 heteroatoms. The number of oxime groups is 1. The van der Waals surface area contributed by atoms with Gasteiger partial charge in [-0.25, -0.2) is 4.79 Å². The van der Waals surface area contributed by atoms with Gasteiger partial charge in [-0.3, -0.25) is 4.79 Å². The second kappa shape index (κ2) is 10.3. The number of ether oxygens (including phenoxy) is 4. The van der Waals surface area contributed by atoms with Gasteiger partial charge in [0.25, 0.3) is 0 Å². The molecular weight excluding hydrogens is 392 g/mol. The molecule has 1 aromatic heterocycles. The number of aromatic amines is 1. The second-order valence-electron chi connectivity index (χ2n) is 6.24. The fraction of sp³-hybridized carbons (Fsp3) is 0.381. The van der Waals surface area contributed by atoms with Crippen LogP contribution in [0.2, 0.25) is 0 Å². The van der Waals surface area contributed by atoms with Crippen LogP contribution in [0.4, 0.5) is 0 Å². The third-order valence-corrected chi connectivity index (χ3v) is 4.35. The predicted octanol–water partition coefficient (Wildman–Crippen LogP) is 3.07. The van der Waals surface area contributed by atoms with Gasteiger partial charge in [0.05, 0.1) is 45.4 Å². The van der Waals surface area contributed by atoms with Gasteiger partial charge in [0, 0.05) is 11.3 Å². The van der Waals surface area contributed by atoms with E-state index in [1.807, 2.05) is 0 Å². The summed E-state index contributed by atoms with van der Waals surface area (Å²) in [4.78, 5) is 32.6. The van der Waals surface area contributed by atoms with E-state index in [1.54, 1.807) is 32.9 Å². The SMILES string of the molecule is CCOC(=O)c1c(C)[nH]c(C(=O)CO/N=C\c2cc(OC)c(OC)c(OC)c2)c1C. The van der Waals surface area contributed by atoms with E-state index in [9.17, 15) is 9.59 Å². The fourth-order valence-electron chi connectivity index (χ4n) is 2.98. The first-order valence-corrected chi connectivity index (χ1v) is 9.22. The van der Waals surface area contributed by atoms with Gasteiger partial charge < -0.3 is 28.8 Å². The Morgan fingerprint density at radius 2 is 1.70 bits per heavy atom. The highest BCUT2D eigenvalue weighted by Gasteiger charge is 2.23. The van der Waals surface area contributed by atoms with Gasteiger partial charge in [-0.2, -0.15) is 0 Å². The number of Topliss-reactive ketones (excluding diaryl/α,β-unsaturated/α-hetero) is 1. The summed E-state index contributed by atoms with van der Waals surface area (Å²) in [6.45, 7) is 5.07. The molecule has 1 heterocycles. The molecule has 0 bridgehead atoms. The highest BCUT2D eigenvalue weighted by Crippen LogP contribution is 2.37. The number of carbonyl (C=O) groups is 2. The van der Waals surface area contributed by atoms with Crippen molar-refractivity contribution in [3.05, 3.63) is 40.2 Å². The fourth-order valence-corrected chi connectivity index (χ4v) is 2.98. The molecular formula is C21H26N2O7. The largest absolute Gasteiger partial charge is 0.493 e. The number of aromatic nitrogens is 1. The summed E-state index contributed by atoms with van der Waals surface area (Å²) in [7, 11) is 4.54. The Hall–Kier alpha value is -3.49. The van der Waals surface area contributed by atoms with Crippen LogP contribution in [0.5, 0.6) is 17.2 Å². The summed E-state index contributed by atoms with van der Waals surface area (Å²) < 4.78 is 20.9. The summed E-state index contributed by atoms with van der Waals surface area (Å²) in [5, 5.41) is 3.83. The number of nitrogens with zero attached hydrogens (tertiary/aromatic N) is 1. The molecule has 0 saturated carbocycles. The molecule has 0 fully saturated rings. The van der Waals surface area contributed by atoms with Crippen molar-refractivity contribution in [3.8, 4) is 17.2 Å². The van der Waals surface area contributed by atoms with Crippen molar-refractivity contribution in [2.24, 2.45) is 5.16 Å². The van der Waals surface area contributed by atoms with Gasteiger partial charge in [-0.1, -0.05) is 5.16 Å². The monoisotopic (exact) mass is 418 g/mol. The Kier molecular flexibility index (Phi) is 7.85. The number of hydrogen-bond donors (Lipinski definition) is 1. The Labute approximate surface area is 174 Å². The minimum atomic E-state index is -0.468. The minimum Gasteiger partial charge on any atom is -0.493 e. The van der Waals surface area contributed by atoms with Crippen molar-refractivity contribution in [3.63, 3.8) is 0 Å². The maximum atomic E-state index is 12.5. The Morgan fingerprint density at radius 1 is 1.07 bits per heavy atom. The number of ketones is 1. The van der Waals surface area contributed by atoms with E-state index in [0.717, 1.165) is 0 Å². The molecule has 0 atom stereocenters. The van der Waals surface area contributed by atoms with Gasteiger partial charge >= 0.3 is 5.97 Å². The molecule has 162 valence electrons. The molecule has 0 spiro atoms. The van der Waals surface area contributed by atoms with E-state index in [1.165, 1.54) is 27.5 Å². The first-order valence-electron chi connectivity index (χ1n) is 9.22. The first-order chi connectivity index (χ1) is 14.4. The highest BCUT2D eigenvalue weighted by molar-refractivity contribution is 6.02. The molecule has 0 aliphatic heterocycles. The Bertz CT molecular complexity index is 922. The van der Waals surface area contributed by atoms with E-state index >= 15 is 0 Å². The van der Waals surface area contributed by atoms with Crippen molar-refractivity contribution in [1.29, 1.82) is 0 Å². The second-order valence-corrected chi connectivity index (χ2v) is 6.24. The van der Waals surface area contributed by atoms with Crippen LogP contribution in [0, 0.1) is 13.8 Å². The molecule has 1 N–H and O–H groups in total. The quantitative estimate of drug-likeness (QED) is 0.273. The Balaban J connectivity index is 2.09. The van der Waals surface area contributed by atoms with Crippen LogP contribution in [0.15, 0.2) is 17.3 Å². The lowest BCUT2D eigenvalue weighted by Crippen LogP contribution is -2.10. The van der Waals surface area contributed by atoms with Crippen LogP contribution in [0.25, 0.3) is 0 Å². The zero-order valence-electron chi connectivity index (χ0n) is 18.0. The topological polar surface area (TPSA) is 108 Å². The zero-order chi connectivity index (χ0) is 22.3.